The average Bonchev–Trinajstić information content (AvgIpc) is 2.99. The SMILES string of the molecule is CCNC1(C(N)=O)CCCC1CCSc1nccn1C. The van der Waals surface area contributed by atoms with E-state index in [9.17, 15) is 4.79 Å². The fourth-order valence-electron chi connectivity index (χ4n) is 3.21. The Labute approximate surface area is 124 Å². The summed E-state index contributed by atoms with van der Waals surface area (Å²) in [5, 5.41) is 4.38. The van der Waals surface area contributed by atoms with Gasteiger partial charge >= 0.3 is 0 Å². The number of primary amides is 1. The van der Waals surface area contributed by atoms with Crippen LogP contribution in [0.4, 0.5) is 0 Å². The van der Waals surface area contributed by atoms with Gasteiger partial charge < -0.3 is 15.6 Å². The summed E-state index contributed by atoms with van der Waals surface area (Å²) in [6, 6.07) is 0. The third-order valence-corrected chi connectivity index (χ3v) is 5.32. The number of hydrogen-bond acceptors (Lipinski definition) is 4. The van der Waals surface area contributed by atoms with E-state index in [2.05, 4.69) is 10.3 Å². The Bertz CT molecular complexity index is 462. The molecule has 2 unspecified atom stereocenters. The minimum absolute atomic E-state index is 0.191. The normalized spacial score (nSPS) is 26.0. The number of thioether (sulfide) groups is 1. The predicted octanol–water partition coefficient (Wildman–Crippen LogP) is 1.54. The van der Waals surface area contributed by atoms with Crippen molar-refractivity contribution in [1.82, 2.24) is 14.9 Å². The summed E-state index contributed by atoms with van der Waals surface area (Å²) < 4.78 is 2.02. The van der Waals surface area contributed by atoms with Crippen LogP contribution < -0.4 is 11.1 Å². The lowest BCUT2D eigenvalue weighted by Gasteiger charge is -2.33. The molecule has 0 saturated heterocycles. The Morgan fingerprint density at radius 1 is 1.70 bits per heavy atom. The van der Waals surface area contributed by atoms with Gasteiger partial charge in [0, 0.05) is 25.2 Å². The first-order chi connectivity index (χ1) is 9.60. The predicted molar refractivity (Wildman–Crippen MR) is 81.5 cm³/mol. The van der Waals surface area contributed by atoms with E-state index in [4.69, 9.17) is 5.73 Å². The zero-order valence-electron chi connectivity index (χ0n) is 12.3. The summed E-state index contributed by atoms with van der Waals surface area (Å²) in [5.74, 6) is 1.12. The number of carbonyl (C=O) groups is 1. The van der Waals surface area contributed by atoms with Gasteiger partial charge in [-0.2, -0.15) is 0 Å². The van der Waals surface area contributed by atoms with Crippen LogP contribution in [0.3, 0.4) is 0 Å². The standard InChI is InChI=1S/C14H24N4OS/c1-3-17-14(12(15)19)7-4-5-11(14)6-10-20-13-16-8-9-18(13)2/h8-9,11,17H,3-7,10H2,1-2H3,(H2,15,19). The van der Waals surface area contributed by atoms with Gasteiger partial charge in [0.25, 0.3) is 0 Å². The van der Waals surface area contributed by atoms with Crippen molar-refractivity contribution in [2.45, 2.75) is 43.3 Å². The second-order valence-corrected chi connectivity index (χ2v) is 6.48. The van der Waals surface area contributed by atoms with Crippen LogP contribution in [0.2, 0.25) is 0 Å². The Kier molecular flexibility index (Phi) is 5.10. The van der Waals surface area contributed by atoms with Crippen molar-refractivity contribution in [3.8, 4) is 0 Å². The van der Waals surface area contributed by atoms with Crippen molar-refractivity contribution in [2.24, 2.45) is 18.7 Å². The van der Waals surface area contributed by atoms with Gasteiger partial charge in [0.05, 0.1) is 0 Å². The minimum atomic E-state index is -0.489. The molecule has 20 heavy (non-hydrogen) atoms. The van der Waals surface area contributed by atoms with Crippen molar-refractivity contribution >= 4 is 17.7 Å². The third kappa shape index (κ3) is 3.01. The van der Waals surface area contributed by atoms with Crippen molar-refractivity contribution in [2.75, 3.05) is 12.3 Å². The van der Waals surface area contributed by atoms with Crippen molar-refractivity contribution < 1.29 is 4.79 Å². The molecule has 0 spiro atoms. The summed E-state index contributed by atoms with van der Waals surface area (Å²) in [4.78, 5) is 16.2. The molecule has 5 nitrogen and oxygen atoms in total. The largest absolute Gasteiger partial charge is 0.368 e. The lowest BCUT2D eigenvalue weighted by molar-refractivity contribution is -0.125. The van der Waals surface area contributed by atoms with E-state index >= 15 is 0 Å². The molecule has 0 radical (unpaired) electrons. The number of aromatic nitrogens is 2. The molecule has 2 rings (SSSR count). The van der Waals surface area contributed by atoms with Crippen LogP contribution in [0.25, 0.3) is 0 Å². The first-order valence-corrected chi connectivity index (χ1v) is 8.23. The van der Waals surface area contributed by atoms with E-state index in [1.165, 1.54) is 0 Å². The van der Waals surface area contributed by atoms with E-state index in [1.807, 2.05) is 30.9 Å². The molecule has 0 aromatic carbocycles. The summed E-state index contributed by atoms with van der Waals surface area (Å²) in [6.07, 6.45) is 7.78. The Morgan fingerprint density at radius 2 is 2.50 bits per heavy atom. The molecule has 1 saturated carbocycles. The number of imidazole rings is 1. The van der Waals surface area contributed by atoms with E-state index in [-0.39, 0.29) is 5.91 Å². The van der Waals surface area contributed by atoms with E-state index in [0.29, 0.717) is 5.92 Å². The Balaban J connectivity index is 1.94. The molecule has 3 N–H and O–H groups in total. The van der Waals surface area contributed by atoms with E-state index < -0.39 is 5.54 Å². The monoisotopic (exact) mass is 296 g/mol. The van der Waals surface area contributed by atoms with E-state index in [0.717, 1.165) is 43.1 Å². The second-order valence-electron chi connectivity index (χ2n) is 5.41. The molecule has 1 aliphatic rings. The number of nitrogens with one attached hydrogen (secondary N) is 1. The molecule has 1 amide bonds. The molecule has 2 atom stereocenters. The van der Waals surface area contributed by atoms with Gasteiger partial charge in [0.15, 0.2) is 5.16 Å². The molecule has 1 heterocycles. The summed E-state index contributed by atoms with van der Waals surface area (Å²) in [7, 11) is 2.00. The molecule has 1 aliphatic carbocycles. The lowest BCUT2D eigenvalue weighted by Crippen LogP contribution is -2.57. The summed E-state index contributed by atoms with van der Waals surface area (Å²) >= 11 is 1.74. The number of nitrogens with zero attached hydrogens (tertiary/aromatic N) is 2. The molecule has 0 bridgehead atoms. The highest BCUT2D eigenvalue weighted by Crippen LogP contribution is 2.38. The van der Waals surface area contributed by atoms with Gasteiger partial charge in [-0.3, -0.25) is 4.79 Å². The third-order valence-electron chi connectivity index (χ3n) is 4.23. The fraction of sp³-hybridized carbons (Fsp3) is 0.714. The second kappa shape index (κ2) is 6.63. The molecular weight excluding hydrogens is 272 g/mol. The van der Waals surface area contributed by atoms with Gasteiger partial charge in [-0.1, -0.05) is 25.1 Å². The first-order valence-electron chi connectivity index (χ1n) is 7.25. The molecule has 112 valence electrons. The summed E-state index contributed by atoms with van der Waals surface area (Å²) in [5.41, 5.74) is 5.19. The highest BCUT2D eigenvalue weighted by molar-refractivity contribution is 7.99. The number of aryl methyl sites for hydroxylation is 1. The van der Waals surface area contributed by atoms with Gasteiger partial charge in [-0.05, 0) is 31.7 Å². The number of carbonyl (C=O) groups excluding carboxylic acids is 1. The first kappa shape index (κ1) is 15.4. The average molecular weight is 296 g/mol. The van der Waals surface area contributed by atoms with E-state index in [1.54, 1.807) is 11.8 Å². The van der Waals surface area contributed by atoms with Gasteiger partial charge in [0.2, 0.25) is 5.91 Å². The van der Waals surface area contributed by atoms with Crippen LogP contribution in [0.5, 0.6) is 0 Å². The van der Waals surface area contributed by atoms with Crippen LogP contribution in [-0.2, 0) is 11.8 Å². The quantitative estimate of drug-likeness (QED) is 0.749. The molecule has 1 aromatic rings. The van der Waals surface area contributed by atoms with Crippen molar-refractivity contribution in [1.29, 1.82) is 0 Å². The Hall–Kier alpha value is -1.01. The van der Waals surface area contributed by atoms with Gasteiger partial charge in [-0.15, -0.1) is 0 Å². The molecular formula is C14H24N4OS. The number of hydrogen-bond donors (Lipinski definition) is 2. The van der Waals surface area contributed by atoms with Crippen LogP contribution in [0.15, 0.2) is 17.6 Å². The Morgan fingerprint density at radius 3 is 3.10 bits per heavy atom. The maximum Gasteiger partial charge on any atom is 0.238 e. The fourth-order valence-corrected chi connectivity index (χ4v) is 4.20. The van der Waals surface area contributed by atoms with Gasteiger partial charge in [0.1, 0.15) is 5.54 Å². The number of rotatable bonds is 7. The molecule has 6 heteroatoms. The molecule has 0 aliphatic heterocycles. The number of nitrogens with two attached hydrogens (primary N) is 1. The van der Waals surface area contributed by atoms with Gasteiger partial charge in [-0.25, -0.2) is 4.98 Å². The van der Waals surface area contributed by atoms with Crippen LogP contribution in [-0.4, -0.2) is 33.3 Å². The lowest BCUT2D eigenvalue weighted by atomic mass is 9.84. The highest BCUT2D eigenvalue weighted by Gasteiger charge is 2.46. The maximum atomic E-state index is 11.9. The van der Waals surface area contributed by atoms with Crippen LogP contribution >= 0.6 is 11.8 Å². The highest BCUT2D eigenvalue weighted by atomic mass is 32.2. The van der Waals surface area contributed by atoms with Crippen LogP contribution in [0, 0.1) is 5.92 Å². The number of amides is 1. The smallest absolute Gasteiger partial charge is 0.238 e. The number of likely N-dealkylation sites (N-methyl/N-ethyl adjacent to an activating group) is 1. The van der Waals surface area contributed by atoms with Crippen LogP contribution in [0.1, 0.15) is 32.6 Å². The zero-order chi connectivity index (χ0) is 14.6. The topological polar surface area (TPSA) is 72.9 Å². The van der Waals surface area contributed by atoms with Crippen molar-refractivity contribution in [3.05, 3.63) is 12.4 Å². The minimum Gasteiger partial charge on any atom is -0.368 e. The molecule has 1 aromatic heterocycles. The van der Waals surface area contributed by atoms with Crippen molar-refractivity contribution in [3.63, 3.8) is 0 Å². The zero-order valence-corrected chi connectivity index (χ0v) is 13.1. The molecule has 1 fully saturated rings. The maximum absolute atomic E-state index is 11.9. The summed E-state index contributed by atoms with van der Waals surface area (Å²) in [6.45, 7) is 2.81.